The summed E-state index contributed by atoms with van der Waals surface area (Å²) in [7, 11) is 1.54. The molecule has 9 heteroatoms. The molecule has 35 heavy (non-hydrogen) atoms. The van der Waals surface area contributed by atoms with E-state index < -0.39 is 23.4 Å². The number of aryl methyl sites for hydroxylation is 1. The molecule has 0 saturated heterocycles. The van der Waals surface area contributed by atoms with E-state index in [9.17, 15) is 18.4 Å². The topological polar surface area (TPSA) is 85.2 Å². The molecule has 7 nitrogen and oxygen atoms in total. The van der Waals surface area contributed by atoms with Crippen LogP contribution in [0.5, 0.6) is 5.75 Å². The number of nitrogens with one attached hydrogen (secondary N) is 2. The van der Waals surface area contributed by atoms with Crippen LogP contribution in [0.4, 0.5) is 14.5 Å². The average Bonchev–Trinajstić information content (AvgIpc) is 3.31. The van der Waals surface area contributed by atoms with Gasteiger partial charge < -0.3 is 15.4 Å². The van der Waals surface area contributed by atoms with Crippen molar-refractivity contribution in [1.29, 1.82) is 0 Å². The Morgan fingerprint density at radius 2 is 1.77 bits per heavy atom. The standard InChI is InChI=1S/C26H22F2N4O3/c1-16-6-9-19(10-7-16)32-15-21(25(31-32)17-4-3-5-20(12-17)35-2)26(34)29-14-24(33)30-18-8-11-22(27)23(28)13-18/h3-13,15H,14H2,1-2H3,(H,29,34)(H,30,33). The molecule has 0 aliphatic carbocycles. The lowest BCUT2D eigenvalue weighted by molar-refractivity contribution is -0.115. The Labute approximate surface area is 200 Å². The minimum atomic E-state index is -1.08. The normalized spacial score (nSPS) is 10.6. The van der Waals surface area contributed by atoms with Gasteiger partial charge in [0.05, 0.1) is 24.9 Å². The van der Waals surface area contributed by atoms with Crippen LogP contribution in [0, 0.1) is 18.6 Å². The second-order valence-electron chi connectivity index (χ2n) is 7.76. The highest BCUT2D eigenvalue weighted by atomic mass is 19.2. The monoisotopic (exact) mass is 476 g/mol. The maximum absolute atomic E-state index is 13.4. The summed E-state index contributed by atoms with van der Waals surface area (Å²) in [6, 6.07) is 17.8. The minimum Gasteiger partial charge on any atom is -0.497 e. The van der Waals surface area contributed by atoms with Gasteiger partial charge in [0.25, 0.3) is 5.91 Å². The number of methoxy groups -OCH3 is 1. The Kier molecular flexibility index (Phi) is 6.86. The Bertz CT molecular complexity index is 1380. The van der Waals surface area contributed by atoms with Crippen molar-refractivity contribution in [2.45, 2.75) is 6.92 Å². The van der Waals surface area contributed by atoms with Gasteiger partial charge in [0.1, 0.15) is 11.4 Å². The van der Waals surface area contributed by atoms with Crippen LogP contribution < -0.4 is 15.4 Å². The second kappa shape index (κ2) is 10.2. The molecule has 3 aromatic carbocycles. The highest BCUT2D eigenvalue weighted by Gasteiger charge is 2.20. The predicted molar refractivity (Wildman–Crippen MR) is 128 cm³/mol. The van der Waals surface area contributed by atoms with Crippen LogP contribution in [-0.2, 0) is 4.79 Å². The first-order valence-electron chi connectivity index (χ1n) is 10.7. The lowest BCUT2D eigenvalue weighted by Gasteiger charge is -2.08. The van der Waals surface area contributed by atoms with Crippen LogP contribution >= 0.6 is 0 Å². The van der Waals surface area contributed by atoms with Gasteiger partial charge in [-0.25, -0.2) is 13.5 Å². The van der Waals surface area contributed by atoms with Gasteiger partial charge in [-0.05, 0) is 43.3 Å². The second-order valence-corrected chi connectivity index (χ2v) is 7.76. The first-order valence-corrected chi connectivity index (χ1v) is 10.7. The van der Waals surface area contributed by atoms with Crippen molar-refractivity contribution in [3.63, 3.8) is 0 Å². The number of carbonyl (C=O) groups excluding carboxylic acids is 2. The van der Waals surface area contributed by atoms with Gasteiger partial charge in [-0.3, -0.25) is 9.59 Å². The molecule has 4 rings (SSSR count). The number of benzene rings is 3. The van der Waals surface area contributed by atoms with Crippen molar-refractivity contribution in [2.75, 3.05) is 19.0 Å². The number of carbonyl (C=O) groups is 2. The van der Waals surface area contributed by atoms with Gasteiger partial charge in [-0.1, -0.05) is 29.8 Å². The van der Waals surface area contributed by atoms with E-state index in [1.165, 1.54) is 6.07 Å². The Morgan fingerprint density at radius 1 is 1.00 bits per heavy atom. The summed E-state index contributed by atoms with van der Waals surface area (Å²) < 4.78 is 33.3. The number of anilines is 1. The molecule has 0 aliphatic rings. The largest absolute Gasteiger partial charge is 0.497 e. The number of amides is 2. The van der Waals surface area contributed by atoms with Crippen LogP contribution in [-0.4, -0.2) is 35.2 Å². The highest BCUT2D eigenvalue weighted by Crippen LogP contribution is 2.27. The molecule has 2 amide bonds. The maximum Gasteiger partial charge on any atom is 0.255 e. The van der Waals surface area contributed by atoms with E-state index in [4.69, 9.17) is 4.74 Å². The predicted octanol–water partition coefficient (Wildman–Crippen LogP) is 4.50. The van der Waals surface area contributed by atoms with Crippen LogP contribution in [0.15, 0.2) is 72.9 Å². The zero-order chi connectivity index (χ0) is 24.9. The molecular formula is C26H22F2N4O3. The SMILES string of the molecule is COc1cccc(-c2nn(-c3ccc(C)cc3)cc2C(=O)NCC(=O)Nc2ccc(F)c(F)c2)c1. The van der Waals surface area contributed by atoms with Crippen molar-refractivity contribution < 1.29 is 23.1 Å². The van der Waals surface area contributed by atoms with Crippen molar-refractivity contribution in [2.24, 2.45) is 0 Å². The van der Waals surface area contributed by atoms with Crippen molar-refractivity contribution in [1.82, 2.24) is 15.1 Å². The summed E-state index contributed by atoms with van der Waals surface area (Å²) in [6.07, 6.45) is 1.59. The molecule has 0 atom stereocenters. The number of aromatic nitrogens is 2. The molecule has 1 heterocycles. The van der Waals surface area contributed by atoms with Crippen LogP contribution in [0.2, 0.25) is 0 Å². The lowest BCUT2D eigenvalue weighted by atomic mass is 10.1. The van der Waals surface area contributed by atoms with E-state index in [1.54, 1.807) is 42.3 Å². The molecule has 0 radical (unpaired) electrons. The fourth-order valence-corrected chi connectivity index (χ4v) is 3.39. The number of nitrogens with zero attached hydrogens (tertiary/aromatic N) is 2. The molecule has 0 spiro atoms. The average molecular weight is 476 g/mol. The Hall–Kier alpha value is -4.53. The summed E-state index contributed by atoms with van der Waals surface area (Å²) in [5.41, 5.74) is 3.23. The zero-order valence-corrected chi connectivity index (χ0v) is 19.0. The first kappa shape index (κ1) is 23.6. The molecule has 0 aliphatic heterocycles. The van der Waals surface area contributed by atoms with Crippen molar-refractivity contribution in [3.8, 4) is 22.7 Å². The molecule has 178 valence electrons. The van der Waals surface area contributed by atoms with E-state index in [-0.39, 0.29) is 17.8 Å². The third-order valence-electron chi connectivity index (χ3n) is 5.21. The van der Waals surface area contributed by atoms with E-state index >= 15 is 0 Å². The van der Waals surface area contributed by atoms with Crippen molar-refractivity contribution in [3.05, 3.63) is 95.7 Å². The number of hydrogen-bond acceptors (Lipinski definition) is 4. The Morgan fingerprint density at radius 3 is 2.49 bits per heavy atom. The summed E-state index contributed by atoms with van der Waals surface area (Å²) in [4.78, 5) is 25.3. The Balaban J connectivity index is 1.57. The van der Waals surface area contributed by atoms with Gasteiger partial charge in [0.2, 0.25) is 5.91 Å². The molecular weight excluding hydrogens is 454 g/mol. The molecule has 0 unspecified atom stereocenters. The fourth-order valence-electron chi connectivity index (χ4n) is 3.39. The van der Waals surface area contributed by atoms with Gasteiger partial charge >= 0.3 is 0 Å². The van der Waals surface area contributed by atoms with E-state index in [1.807, 2.05) is 31.2 Å². The van der Waals surface area contributed by atoms with E-state index in [0.717, 1.165) is 23.4 Å². The third-order valence-corrected chi connectivity index (χ3v) is 5.21. The number of rotatable bonds is 7. The molecule has 0 saturated carbocycles. The highest BCUT2D eigenvalue weighted by molar-refractivity contribution is 6.02. The summed E-state index contributed by atoms with van der Waals surface area (Å²) in [5, 5.41) is 9.58. The summed E-state index contributed by atoms with van der Waals surface area (Å²) in [5.74, 6) is -2.63. The maximum atomic E-state index is 13.4. The van der Waals surface area contributed by atoms with Crippen molar-refractivity contribution >= 4 is 17.5 Å². The van der Waals surface area contributed by atoms with Gasteiger partial charge in [0, 0.05) is 23.5 Å². The van der Waals surface area contributed by atoms with Crippen LogP contribution in [0.1, 0.15) is 15.9 Å². The third kappa shape index (κ3) is 5.52. The van der Waals surface area contributed by atoms with E-state index in [0.29, 0.717) is 17.0 Å². The number of halogens is 2. The minimum absolute atomic E-state index is 0.0763. The molecule has 4 aromatic rings. The fraction of sp³-hybridized carbons (Fsp3) is 0.115. The van der Waals surface area contributed by atoms with Gasteiger partial charge in [-0.15, -0.1) is 0 Å². The molecule has 0 bridgehead atoms. The molecule has 2 N–H and O–H groups in total. The van der Waals surface area contributed by atoms with Gasteiger partial charge in [0.15, 0.2) is 11.6 Å². The zero-order valence-electron chi connectivity index (χ0n) is 19.0. The number of ether oxygens (including phenoxy) is 1. The quantitative estimate of drug-likeness (QED) is 0.411. The van der Waals surface area contributed by atoms with E-state index in [2.05, 4.69) is 15.7 Å². The van der Waals surface area contributed by atoms with Crippen LogP contribution in [0.3, 0.4) is 0 Å². The summed E-state index contributed by atoms with van der Waals surface area (Å²) >= 11 is 0. The first-order chi connectivity index (χ1) is 16.8. The molecule has 1 aromatic heterocycles. The smallest absolute Gasteiger partial charge is 0.255 e. The van der Waals surface area contributed by atoms with Crippen LogP contribution in [0.25, 0.3) is 16.9 Å². The lowest BCUT2D eigenvalue weighted by Crippen LogP contribution is -2.33. The summed E-state index contributed by atoms with van der Waals surface area (Å²) in [6.45, 7) is 1.59. The van der Waals surface area contributed by atoms with Gasteiger partial charge in [-0.2, -0.15) is 5.10 Å². The number of hydrogen-bond donors (Lipinski definition) is 2. The molecule has 0 fully saturated rings.